The van der Waals surface area contributed by atoms with E-state index in [1.165, 1.54) is 38.5 Å². The lowest BCUT2D eigenvalue weighted by molar-refractivity contribution is -0.124. The van der Waals surface area contributed by atoms with Gasteiger partial charge in [-0.05, 0) is 105 Å². The van der Waals surface area contributed by atoms with Gasteiger partial charge >= 0.3 is 0 Å². The van der Waals surface area contributed by atoms with Crippen molar-refractivity contribution >= 4 is 34.3 Å². The molecule has 1 amide bonds. The van der Waals surface area contributed by atoms with Crippen molar-refractivity contribution in [1.82, 2.24) is 4.98 Å². The second-order valence-corrected chi connectivity index (χ2v) is 10.7. The summed E-state index contributed by atoms with van der Waals surface area (Å²) < 4.78 is 5.93. The van der Waals surface area contributed by atoms with Gasteiger partial charge < -0.3 is 9.73 Å². The van der Waals surface area contributed by atoms with Crippen molar-refractivity contribution in [3.05, 3.63) is 47.0 Å². The first-order chi connectivity index (χ1) is 14.9. The molecule has 1 heterocycles. The van der Waals surface area contributed by atoms with E-state index in [4.69, 9.17) is 16.0 Å². The van der Waals surface area contributed by atoms with Crippen LogP contribution in [0.4, 0.5) is 5.69 Å². The summed E-state index contributed by atoms with van der Waals surface area (Å²) in [6.07, 6.45) is 8.45. The zero-order valence-electron chi connectivity index (χ0n) is 17.8. The van der Waals surface area contributed by atoms with E-state index in [1.807, 2.05) is 37.3 Å². The lowest BCUT2D eigenvalue weighted by Crippen LogP contribution is -2.47. The van der Waals surface area contributed by atoms with E-state index in [-0.39, 0.29) is 11.3 Å². The highest BCUT2D eigenvalue weighted by Crippen LogP contribution is 2.61. The van der Waals surface area contributed by atoms with Gasteiger partial charge in [0.2, 0.25) is 11.8 Å². The van der Waals surface area contributed by atoms with Crippen molar-refractivity contribution in [2.24, 2.45) is 23.2 Å². The largest absolute Gasteiger partial charge is 0.436 e. The molecule has 4 nitrogen and oxygen atoms in total. The molecule has 3 aromatic rings. The molecular weight excluding hydrogens is 408 g/mol. The number of hydrogen-bond donors (Lipinski definition) is 1. The summed E-state index contributed by atoms with van der Waals surface area (Å²) >= 11 is 6.44. The maximum absolute atomic E-state index is 13.1. The van der Waals surface area contributed by atoms with Gasteiger partial charge in [0.05, 0.1) is 10.7 Å². The highest BCUT2D eigenvalue weighted by Gasteiger charge is 2.51. The molecule has 1 N–H and O–H groups in total. The Hall–Kier alpha value is -2.33. The number of carbonyl (C=O) groups excluding carboxylic acids is 1. The van der Waals surface area contributed by atoms with Crippen LogP contribution in [0, 0.1) is 30.1 Å². The minimum Gasteiger partial charge on any atom is -0.436 e. The molecule has 0 spiro atoms. The summed E-state index contributed by atoms with van der Waals surface area (Å²) in [4.78, 5) is 17.7. The minimum atomic E-state index is 0.0780. The highest BCUT2D eigenvalue weighted by molar-refractivity contribution is 6.33. The zero-order chi connectivity index (χ0) is 21.2. The molecule has 4 aliphatic rings. The first kappa shape index (κ1) is 19.4. The zero-order valence-corrected chi connectivity index (χ0v) is 18.5. The molecule has 0 radical (unpaired) electrons. The molecule has 31 heavy (non-hydrogen) atoms. The third-order valence-corrected chi connectivity index (χ3v) is 8.06. The number of carbonyl (C=O) groups is 1. The van der Waals surface area contributed by atoms with Gasteiger partial charge in [-0.1, -0.05) is 17.7 Å². The van der Waals surface area contributed by atoms with Gasteiger partial charge in [-0.15, -0.1) is 0 Å². The number of anilines is 1. The van der Waals surface area contributed by atoms with E-state index in [9.17, 15) is 4.79 Å². The number of oxazole rings is 1. The summed E-state index contributed by atoms with van der Waals surface area (Å²) in [6.45, 7) is 2.04. The van der Waals surface area contributed by atoms with E-state index >= 15 is 0 Å². The quantitative estimate of drug-likeness (QED) is 0.480. The number of benzene rings is 2. The number of aryl methyl sites for hydroxylation is 1. The van der Waals surface area contributed by atoms with Crippen LogP contribution < -0.4 is 5.32 Å². The van der Waals surface area contributed by atoms with Crippen molar-refractivity contribution in [3.63, 3.8) is 0 Å². The van der Waals surface area contributed by atoms with Crippen LogP contribution >= 0.6 is 11.6 Å². The maximum atomic E-state index is 13.1. The van der Waals surface area contributed by atoms with E-state index in [2.05, 4.69) is 10.3 Å². The SMILES string of the molecule is Cc1ccc2oc(-c3ccc(Cl)c(NC(=O)CC45CC6CC(CC(C6)C4)C5)c3)nc2c1. The molecule has 1 aromatic heterocycles. The Morgan fingerprint density at radius 1 is 1.10 bits per heavy atom. The van der Waals surface area contributed by atoms with Gasteiger partial charge in [0.1, 0.15) is 5.52 Å². The van der Waals surface area contributed by atoms with Crippen LogP contribution in [0.3, 0.4) is 0 Å². The number of rotatable bonds is 4. The molecule has 0 unspecified atom stereocenters. The predicted octanol–water partition coefficient (Wildman–Crippen LogP) is 7.00. The number of halogens is 1. The summed E-state index contributed by atoms with van der Waals surface area (Å²) in [5.41, 5.74) is 4.37. The Morgan fingerprint density at radius 3 is 2.52 bits per heavy atom. The molecule has 0 saturated heterocycles. The topological polar surface area (TPSA) is 55.1 Å². The van der Waals surface area contributed by atoms with Crippen LogP contribution in [0.2, 0.25) is 5.02 Å². The molecule has 160 valence electrons. The van der Waals surface area contributed by atoms with Crippen LogP contribution in [-0.4, -0.2) is 10.9 Å². The fraction of sp³-hybridized carbons (Fsp3) is 0.462. The van der Waals surface area contributed by atoms with Crippen molar-refractivity contribution in [3.8, 4) is 11.5 Å². The van der Waals surface area contributed by atoms with E-state index < -0.39 is 0 Å². The van der Waals surface area contributed by atoms with Crippen molar-refractivity contribution in [2.75, 3.05) is 5.32 Å². The number of hydrogen-bond acceptors (Lipinski definition) is 3. The lowest BCUT2D eigenvalue weighted by Gasteiger charge is -2.56. The van der Waals surface area contributed by atoms with Gasteiger partial charge in [0, 0.05) is 12.0 Å². The normalized spacial score (nSPS) is 28.9. The van der Waals surface area contributed by atoms with Gasteiger partial charge in [-0.2, -0.15) is 0 Å². The molecule has 7 rings (SSSR count). The standard InChI is InChI=1S/C26H27ClN2O2/c1-15-2-5-23-22(6-15)29-25(31-23)19-3-4-20(27)21(10-19)28-24(30)14-26-11-16-7-17(12-26)9-18(8-16)13-26/h2-6,10,16-18H,7-9,11-14H2,1H3,(H,28,30). The summed E-state index contributed by atoms with van der Waals surface area (Å²) in [7, 11) is 0. The number of aromatic nitrogens is 1. The molecule has 4 fully saturated rings. The van der Waals surface area contributed by atoms with Crippen LogP contribution in [0.15, 0.2) is 40.8 Å². The summed E-state index contributed by atoms with van der Waals surface area (Å²) in [5.74, 6) is 3.14. The Labute approximate surface area is 187 Å². The molecule has 5 heteroatoms. The van der Waals surface area contributed by atoms with Crippen LogP contribution in [0.5, 0.6) is 0 Å². The Kier molecular flexibility index (Phi) is 4.43. The lowest BCUT2D eigenvalue weighted by atomic mass is 9.49. The van der Waals surface area contributed by atoms with Crippen LogP contribution in [-0.2, 0) is 4.79 Å². The van der Waals surface area contributed by atoms with Gasteiger partial charge in [0.25, 0.3) is 0 Å². The molecule has 4 saturated carbocycles. The Morgan fingerprint density at radius 2 is 1.81 bits per heavy atom. The van der Waals surface area contributed by atoms with Crippen LogP contribution in [0.1, 0.15) is 50.5 Å². The number of nitrogens with one attached hydrogen (secondary N) is 1. The van der Waals surface area contributed by atoms with Crippen molar-refractivity contribution < 1.29 is 9.21 Å². The highest BCUT2D eigenvalue weighted by atomic mass is 35.5. The third-order valence-electron chi connectivity index (χ3n) is 7.73. The van der Waals surface area contributed by atoms with Gasteiger partial charge in [0.15, 0.2) is 5.58 Å². The summed E-state index contributed by atoms with van der Waals surface area (Å²) in [5, 5.41) is 3.63. The van der Waals surface area contributed by atoms with Crippen molar-refractivity contribution in [1.29, 1.82) is 0 Å². The second kappa shape index (κ2) is 7.09. The molecule has 0 aliphatic heterocycles. The maximum Gasteiger partial charge on any atom is 0.227 e. The Bertz CT molecular complexity index is 1150. The van der Waals surface area contributed by atoms with E-state index in [1.54, 1.807) is 6.07 Å². The molecule has 0 atom stereocenters. The summed E-state index contributed by atoms with van der Waals surface area (Å²) in [6, 6.07) is 11.5. The number of fused-ring (bicyclic) bond motifs is 1. The number of nitrogens with zero attached hydrogens (tertiary/aromatic N) is 1. The average molecular weight is 435 g/mol. The fourth-order valence-corrected chi connectivity index (χ4v) is 7.12. The third kappa shape index (κ3) is 3.55. The molecular formula is C26H27ClN2O2. The molecule has 2 aromatic carbocycles. The molecule has 4 bridgehead atoms. The average Bonchev–Trinajstić information content (AvgIpc) is 3.11. The second-order valence-electron chi connectivity index (χ2n) is 10.3. The monoisotopic (exact) mass is 434 g/mol. The van der Waals surface area contributed by atoms with E-state index in [0.29, 0.717) is 23.0 Å². The first-order valence-electron chi connectivity index (χ1n) is 11.4. The van der Waals surface area contributed by atoms with Gasteiger partial charge in [-0.3, -0.25) is 4.79 Å². The number of amides is 1. The predicted molar refractivity (Wildman–Crippen MR) is 123 cm³/mol. The smallest absolute Gasteiger partial charge is 0.227 e. The molecule has 4 aliphatic carbocycles. The minimum absolute atomic E-state index is 0.0780. The van der Waals surface area contributed by atoms with Crippen LogP contribution in [0.25, 0.3) is 22.6 Å². The van der Waals surface area contributed by atoms with E-state index in [0.717, 1.165) is 40.0 Å². The van der Waals surface area contributed by atoms with Gasteiger partial charge in [-0.25, -0.2) is 4.98 Å². The fourth-order valence-electron chi connectivity index (χ4n) is 6.96. The first-order valence-corrected chi connectivity index (χ1v) is 11.8. The Balaban J connectivity index is 1.23. The van der Waals surface area contributed by atoms with Crippen molar-refractivity contribution in [2.45, 2.75) is 51.9 Å².